The number of benzene rings is 1. The van der Waals surface area contributed by atoms with Crippen LogP contribution in [0.2, 0.25) is 0 Å². The van der Waals surface area contributed by atoms with Gasteiger partial charge in [0.15, 0.2) is 0 Å². The first-order valence-electron chi connectivity index (χ1n) is 8.54. The van der Waals surface area contributed by atoms with Gasteiger partial charge in [-0.25, -0.2) is 4.79 Å². The van der Waals surface area contributed by atoms with Gasteiger partial charge >= 0.3 is 6.09 Å². The van der Waals surface area contributed by atoms with Crippen LogP contribution in [0.5, 0.6) is 0 Å². The SMILES string of the molecule is CC(C)c1ccccc1CN1CCN(C(=O)OC(C)(C)C)CC1. The summed E-state index contributed by atoms with van der Waals surface area (Å²) in [4.78, 5) is 16.3. The van der Waals surface area contributed by atoms with E-state index in [0.29, 0.717) is 5.92 Å². The fraction of sp³-hybridized carbons (Fsp3) is 0.632. The first-order valence-corrected chi connectivity index (χ1v) is 8.54. The van der Waals surface area contributed by atoms with Gasteiger partial charge in [-0.05, 0) is 37.8 Å². The Morgan fingerprint density at radius 2 is 1.74 bits per heavy atom. The molecule has 23 heavy (non-hydrogen) atoms. The molecule has 0 bridgehead atoms. The molecule has 0 spiro atoms. The predicted octanol–water partition coefficient (Wildman–Crippen LogP) is 3.86. The van der Waals surface area contributed by atoms with Gasteiger partial charge in [-0.2, -0.15) is 0 Å². The maximum absolute atomic E-state index is 12.1. The average Bonchev–Trinajstić information content (AvgIpc) is 2.46. The molecule has 1 aliphatic rings. The van der Waals surface area contributed by atoms with Crippen LogP contribution in [0.4, 0.5) is 4.79 Å². The summed E-state index contributed by atoms with van der Waals surface area (Å²) in [7, 11) is 0. The Labute approximate surface area is 140 Å². The summed E-state index contributed by atoms with van der Waals surface area (Å²) in [5.74, 6) is 0.536. The highest BCUT2D eigenvalue weighted by Gasteiger charge is 2.26. The zero-order valence-electron chi connectivity index (χ0n) is 15.1. The van der Waals surface area contributed by atoms with Crippen molar-refractivity contribution in [2.75, 3.05) is 26.2 Å². The third kappa shape index (κ3) is 5.24. The topological polar surface area (TPSA) is 32.8 Å². The van der Waals surface area contributed by atoms with Crippen LogP contribution in [0.3, 0.4) is 0 Å². The van der Waals surface area contributed by atoms with E-state index >= 15 is 0 Å². The number of amides is 1. The van der Waals surface area contributed by atoms with Crippen molar-refractivity contribution in [2.45, 2.75) is 52.7 Å². The van der Waals surface area contributed by atoms with Gasteiger partial charge in [0, 0.05) is 32.7 Å². The molecule has 1 fully saturated rings. The number of nitrogens with zero attached hydrogens (tertiary/aromatic N) is 2. The van der Waals surface area contributed by atoms with E-state index in [9.17, 15) is 4.79 Å². The number of rotatable bonds is 3. The molecule has 0 atom stereocenters. The standard InChI is InChI=1S/C19H30N2O2/c1-15(2)17-9-7-6-8-16(17)14-20-10-12-21(13-11-20)18(22)23-19(3,4)5/h6-9,15H,10-14H2,1-5H3. The number of carbonyl (C=O) groups is 1. The normalized spacial score (nSPS) is 16.7. The summed E-state index contributed by atoms with van der Waals surface area (Å²) in [6, 6.07) is 8.66. The minimum Gasteiger partial charge on any atom is -0.444 e. The molecule has 0 radical (unpaired) electrons. The molecular formula is C19H30N2O2. The van der Waals surface area contributed by atoms with E-state index in [2.05, 4.69) is 43.0 Å². The Morgan fingerprint density at radius 1 is 1.13 bits per heavy atom. The summed E-state index contributed by atoms with van der Waals surface area (Å²) < 4.78 is 5.45. The van der Waals surface area contributed by atoms with Gasteiger partial charge in [0.25, 0.3) is 0 Å². The van der Waals surface area contributed by atoms with Crippen molar-refractivity contribution in [3.8, 4) is 0 Å². The molecule has 4 nitrogen and oxygen atoms in total. The first-order chi connectivity index (χ1) is 10.8. The molecular weight excluding hydrogens is 288 g/mol. The molecule has 0 aromatic heterocycles. The second-order valence-corrected chi connectivity index (χ2v) is 7.60. The number of ether oxygens (including phenoxy) is 1. The summed E-state index contributed by atoms with van der Waals surface area (Å²) in [6.07, 6.45) is -0.195. The van der Waals surface area contributed by atoms with Crippen molar-refractivity contribution in [1.29, 1.82) is 0 Å². The van der Waals surface area contributed by atoms with E-state index in [4.69, 9.17) is 4.74 Å². The van der Waals surface area contributed by atoms with Gasteiger partial charge in [-0.1, -0.05) is 38.1 Å². The van der Waals surface area contributed by atoms with Crippen LogP contribution < -0.4 is 0 Å². The Bertz CT molecular complexity index is 526. The highest BCUT2D eigenvalue weighted by Crippen LogP contribution is 2.21. The number of hydrogen-bond acceptors (Lipinski definition) is 3. The lowest BCUT2D eigenvalue weighted by molar-refractivity contribution is 0.0139. The minimum atomic E-state index is -0.426. The highest BCUT2D eigenvalue weighted by molar-refractivity contribution is 5.68. The Hall–Kier alpha value is -1.55. The number of carbonyl (C=O) groups excluding carboxylic acids is 1. The van der Waals surface area contributed by atoms with Crippen molar-refractivity contribution in [3.05, 3.63) is 35.4 Å². The van der Waals surface area contributed by atoms with Gasteiger partial charge in [0.1, 0.15) is 5.60 Å². The predicted molar refractivity (Wildman–Crippen MR) is 93.6 cm³/mol. The molecule has 2 rings (SSSR count). The molecule has 1 heterocycles. The molecule has 128 valence electrons. The lowest BCUT2D eigenvalue weighted by atomic mass is 9.97. The van der Waals surface area contributed by atoms with Crippen LogP contribution in [-0.4, -0.2) is 47.7 Å². The van der Waals surface area contributed by atoms with E-state index in [0.717, 1.165) is 32.7 Å². The van der Waals surface area contributed by atoms with Gasteiger partial charge in [0.2, 0.25) is 0 Å². The third-order valence-electron chi connectivity index (χ3n) is 4.10. The monoisotopic (exact) mass is 318 g/mol. The van der Waals surface area contributed by atoms with Crippen molar-refractivity contribution in [3.63, 3.8) is 0 Å². The number of hydrogen-bond donors (Lipinski definition) is 0. The van der Waals surface area contributed by atoms with Crippen LogP contribution in [0.15, 0.2) is 24.3 Å². The fourth-order valence-electron chi connectivity index (χ4n) is 2.90. The smallest absolute Gasteiger partial charge is 0.410 e. The summed E-state index contributed by atoms with van der Waals surface area (Å²) >= 11 is 0. The Kier molecular flexibility index (Phi) is 5.69. The molecule has 1 aromatic rings. The van der Waals surface area contributed by atoms with Crippen LogP contribution in [0, 0.1) is 0 Å². The zero-order chi connectivity index (χ0) is 17.0. The second kappa shape index (κ2) is 7.35. The summed E-state index contributed by atoms with van der Waals surface area (Å²) in [5.41, 5.74) is 2.39. The van der Waals surface area contributed by atoms with Crippen molar-refractivity contribution >= 4 is 6.09 Å². The molecule has 0 aliphatic carbocycles. The first kappa shape index (κ1) is 17.8. The van der Waals surface area contributed by atoms with Crippen LogP contribution in [0.25, 0.3) is 0 Å². The second-order valence-electron chi connectivity index (χ2n) is 7.60. The van der Waals surface area contributed by atoms with Crippen LogP contribution >= 0.6 is 0 Å². The lowest BCUT2D eigenvalue weighted by Crippen LogP contribution is -2.49. The van der Waals surface area contributed by atoms with Crippen LogP contribution in [-0.2, 0) is 11.3 Å². The fourth-order valence-corrected chi connectivity index (χ4v) is 2.90. The molecule has 4 heteroatoms. The lowest BCUT2D eigenvalue weighted by Gasteiger charge is -2.36. The minimum absolute atomic E-state index is 0.195. The van der Waals surface area contributed by atoms with E-state index in [-0.39, 0.29) is 6.09 Å². The molecule has 1 aromatic carbocycles. The summed E-state index contributed by atoms with van der Waals surface area (Å²) in [6.45, 7) is 14.4. The molecule has 1 amide bonds. The van der Waals surface area contributed by atoms with Crippen molar-refractivity contribution in [1.82, 2.24) is 9.80 Å². The van der Waals surface area contributed by atoms with Gasteiger partial charge in [-0.15, -0.1) is 0 Å². The Morgan fingerprint density at radius 3 is 2.30 bits per heavy atom. The molecule has 0 unspecified atom stereocenters. The molecule has 1 aliphatic heterocycles. The van der Waals surface area contributed by atoms with Crippen LogP contribution in [0.1, 0.15) is 51.7 Å². The largest absolute Gasteiger partial charge is 0.444 e. The van der Waals surface area contributed by atoms with Gasteiger partial charge in [0.05, 0.1) is 0 Å². The maximum Gasteiger partial charge on any atom is 0.410 e. The number of piperazine rings is 1. The van der Waals surface area contributed by atoms with E-state index in [1.54, 1.807) is 0 Å². The average molecular weight is 318 g/mol. The van der Waals surface area contributed by atoms with Gasteiger partial charge in [-0.3, -0.25) is 4.90 Å². The van der Waals surface area contributed by atoms with E-state index < -0.39 is 5.60 Å². The molecule has 0 N–H and O–H groups in total. The van der Waals surface area contributed by atoms with Crippen molar-refractivity contribution in [2.24, 2.45) is 0 Å². The molecule has 0 saturated carbocycles. The quantitative estimate of drug-likeness (QED) is 0.848. The third-order valence-corrected chi connectivity index (χ3v) is 4.10. The highest BCUT2D eigenvalue weighted by atomic mass is 16.6. The summed E-state index contributed by atoms with van der Waals surface area (Å²) in [5, 5.41) is 0. The van der Waals surface area contributed by atoms with Gasteiger partial charge < -0.3 is 9.64 Å². The maximum atomic E-state index is 12.1. The molecule has 1 saturated heterocycles. The zero-order valence-corrected chi connectivity index (χ0v) is 15.1. The Balaban J connectivity index is 1.89. The van der Waals surface area contributed by atoms with E-state index in [1.807, 2.05) is 25.7 Å². The van der Waals surface area contributed by atoms with E-state index in [1.165, 1.54) is 11.1 Å². The van der Waals surface area contributed by atoms with Crippen molar-refractivity contribution < 1.29 is 9.53 Å².